The quantitative estimate of drug-likeness (QED) is 0.839. The Bertz CT molecular complexity index is 726. The van der Waals surface area contributed by atoms with Crippen LogP contribution in [-0.2, 0) is 11.3 Å². The topological polar surface area (TPSA) is 64.4 Å². The first-order chi connectivity index (χ1) is 11.2. The van der Waals surface area contributed by atoms with Gasteiger partial charge in [-0.1, -0.05) is 6.07 Å². The second-order valence-corrected chi connectivity index (χ2v) is 6.42. The highest BCUT2D eigenvalue weighted by atomic mass is 32.1. The molecular weight excluding hydrogens is 314 g/mol. The second kappa shape index (κ2) is 7.06. The van der Waals surface area contributed by atoms with Crippen molar-refractivity contribution in [3.8, 4) is 0 Å². The van der Waals surface area contributed by atoms with Gasteiger partial charge >= 0.3 is 0 Å². The number of likely N-dealkylation sites (tertiary alicyclic amines) is 1. The summed E-state index contributed by atoms with van der Waals surface area (Å²) in [6.07, 6.45) is 1.95. The lowest BCUT2D eigenvalue weighted by Gasteiger charge is -2.23. The number of hydrogen-bond donors (Lipinski definition) is 0. The van der Waals surface area contributed by atoms with Crippen LogP contribution in [-0.4, -0.2) is 40.8 Å². The number of hydrogen-bond acceptors (Lipinski definition) is 5. The molecule has 0 aromatic carbocycles. The minimum absolute atomic E-state index is 0.114. The van der Waals surface area contributed by atoms with Crippen LogP contribution < -0.4 is 5.56 Å². The number of amides is 1. The van der Waals surface area contributed by atoms with Gasteiger partial charge in [0.1, 0.15) is 5.69 Å². The Morgan fingerprint density at radius 1 is 1.43 bits per heavy atom. The minimum Gasteiger partial charge on any atom is -0.383 e. The highest BCUT2D eigenvalue weighted by Gasteiger charge is 2.32. The average molecular weight is 333 g/mol. The molecule has 2 aromatic heterocycles. The van der Waals surface area contributed by atoms with Gasteiger partial charge in [0.15, 0.2) is 0 Å². The van der Waals surface area contributed by atoms with Crippen LogP contribution in [0, 0.1) is 0 Å². The number of methoxy groups -OCH3 is 1. The summed E-state index contributed by atoms with van der Waals surface area (Å²) in [7, 11) is 1.57. The maximum absolute atomic E-state index is 12.8. The van der Waals surface area contributed by atoms with Gasteiger partial charge in [-0.2, -0.15) is 5.10 Å². The molecule has 1 aliphatic heterocycles. The molecule has 3 heterocycles. The summed E-state index contributed by atoms with van der Waals surface area (Å²) in [5.74, 6) is -0.118. The van der Waals surface area contributed by atoms with E-state index in [1.807, 2.05) is 16.3 Å². The number of nitrogens with zero attached hydrogens (tertiary/aromatic N) is 3. The summed E-state index contributed by atoms with van der Waals surface area (Å²) in [5.41, 5.74) is 0.0824. The van der Waals surface area contributed by atoms with Gasteiger partial charge in [-0.05, 0) is 30.4 Å². The highest BCUT2D eigenvalue weighted by molar-refractivity contribution is 7.10. The van der Waals surface area contributed by atoms with Crippen LogP contribution in [0.1, 0.15) is 34.2 Å². The predicted molar refractivity (Wildman–Crippen MR) is 87.7 cm³/mol. The lowest BCUT2D eigenvalue weighted by Crippen LogP contribution is -2.33. The molecule has 0 aliphatic carbocycles. The summed E-state index contributed by atoms with van der Waals surface area (Å²) in [6.45, 7) is 1.44. The molecule has 7 heteroatoms. The van der Waals surface area contributed by atoms with Crippen LogP contribution in [0.3, 0.4) is 0 Å². The molecule has 122 valence electrons. The van der Waals surface area contributed by atoms with E-state index >= 15 is 0 Å². The van der Waals surface area contributed by atoms with Gasteiger partial charge in [0.05, 0.1) is 19.2 Å². The lowest BCUT2D eigenvalue weighted by molar-refractivity contribution is 0.0728. The van der Waals surface area contributed by atoms with Crippen LogP contribution in [0.5, 0.6) is 0 Å². The number of thiophene rings is 1. The molecule has 1 atom stereocenters. The largest absolute Gasteiger partial charge is 0.383 e. The summed E-state index contributed by atoms with van der Waals surface area (Å²) < 4.78 is 6.26. The van der Waals surface area contributed by atoms with Crippen molar-refractivity contribution in [2.24, 2.45) is 0 Å². The van der Waals surface area contributed by atoms with Crippen LogP contribution in [0.2, 0.25) is 0 Å². The van der Waals surface area contributed by atoms with E-state index in [-0.39, 0.29) is 17.5 Å². The number of aromatic nitrogens is 2. The zero-order valence-corrected chi connectivity index (χ0v) is 13.8. The Morgan fingerprint density at radius 3 is 3.04 bits per heavy atom. The van der Waals surface area contributed by atoms with Gasteiger partial charge in [-0.25, -0.2) is 4.68 Å². The smallest absolute Gasteiger partial charge is 0.274 e. The number of carbonyl (C=O) groups is 1. The normalized spacial score (nSPS) is 17.6. The van der Waals surface area contributed by atoms with Crippen molar-refractivity contribution >= 4 is 17.2 Å². The Hall–Kier alpha value is -1.99. The van der Waals surface area contributed by atoms with Gasteiger partial charge in [0.2, 0.25) is 0 Å². The van der Waals surface area contributed by atoms with Crippen molar-refractivity contribution in [1.29, 1.82) is 0 Å². The Labute approximate surface area is 138 Å². The third-order valence-electron chi connectivity index (χ3n) is 3.98. The fourth-order valence-corrected chi connectivity index (χ4v) is 3.71. The number of carbonyl (C=O) groups excluding carboxylic acids is 1. The van der Waals surface area contributed by atoms with Crippen molar-refractivity contribution in [3.05, 3.63) is 50.6 Å². The summed E-state index contributed by atoms with van der Waals surface area (Å²) in [6, 6.07) is 7.09. The van der Waals surface area contributed by atoms with E-state index in [1.54, 1.807) is 18.4 Å². The number of ether oxygens (including phenoxy) is 1. The first-order valence-electron chi connectivity index (χ1n) is 7.62. The third-order valence-corrected chi connectivity index (χ3v) is 4.95. The van der Waals surface area contributed by atoms with E-state index in [1.165, 1.54) is 21.7 Å². The van der Waals surface area contributed by atoms with Crippen molar-refractivity contribution in [3.63, 3.8) is 0 Å². The van der Waals surface area contributed by atoms with Gasteiger partial charge in [0.25, 0.3) is 11.5 Å². The molecule has 0 radical (unpaired) electrons. The van der Waals surface area contributed by atoms with Crippen molar-refractivity contribution in [1.82, 2.24) is 14.7 Å². The molecule has 0 bridgehead atoms. The van der Waals surface area contributed by atoms with Crippen LogP contribution >= 0.6 is 11.3 Å². The molecule has 23 heavy (non-hydrogen) atoms. The summed E-state index contributed by atoms with van der Waals surface area (Å²) >= 11 is 1.67. The average Bonchev–Trinajstić information content (AvgIpc) is 3.24. The molecule has 6 nitrogen and oxygen atoms in total. The van der Waals surface area contributed by atoms with E-state index in [2.05, 4.69) is 11.2 Å². The van der Waals surface area contributed by atoms with E-state index in [0.717, 1.165) is 19.4 Å². The maximum atomic E-state index is 12.8. The summed E-state index contributed by atoms with van der Waals surface area (Å²) in [5, 5.41) is 6.23. The molecule has 2 aromatic rings. The van der Waals surface area contributed by atoms with Crippen LogP contribution in [0.15, 0.2) is 34.4 Å². The molecule has 0 N–H and O–H groups in total. The van der Waals surface area contributed by atoms with Gasteiger partial charge in [-0.15, -0.1) is 11.3 Å². The van der Waals surface area contributed by atoms with Gasteiger partial charge in [0, 0.05) is 24.6 Å². The fourth-order valence-electron chi connectivity index (χ4n) is 2.83. The SMILES string of the molecule is COCCn1nc(C(=O)N2CCC[C@@H]2c2cccs2)ccc1=O. The molecule has 1 saturated heterocycles. The molecule has 1 amide bonds. The third kappa shape index (κ3) is 3.35. The van der Waals surface area contributed by atoms with E-state index in [0.29, 0.717) is 18.8 Å². The van der Waals surface area contributed by atoms with E-state index < -0.39 is 0 Å². The first-order valence-corrected chi connectivity index (χ1v) is 8.50. The molecule has 0 spiro atoms. The Kier molecular flexibility index (Phi) is 4.88. The summed E-state index contributed by atoms with van der Waals surface area (Å²) in [4.78, 5) is 27.7. The second-order valence-electron chi connectivity index (χ2n) is 5.44. The Balaban J connectivity index is 1.83. The molecule has 0 unspecified atom stereocenters. The predicted octanol–water partition coefficient (Wildman–Crippen LogP) is 1.93. The highest BCUT2D eigenvalue weighted by Crippen LogP contribution is 2.35. The minimum atomic E-state index is -0.227. The lowest BCUT2D eigenvalue weighted by atomic mass is 10.2. The van der Waals surface area contributed by atoms with Crippen molar-refractivity contribution < 1.29 is 9.53 Å². The maximum Gasteiger partial charge on any atom is 0.274 e. The van der Waals surface area contributed by atoms with Crippen LogP contribution in [0.25, 0.3) is 0 Å². The molecule has 1 fully saturated rings. The zero-order valence-electron chi connectivity index (χ0n) is 13.0. The zero-order chi connectivity index (χ0) is 16.2. The molecule has 1 aliphatic rings. The van der Waals surface area contributed by atoms with Gasteiger partial charge < -0.3 is 9.64 Å². The molecule has 3 rings (SSSR count). The van der Waals surface area contributed by atoms with E-state index in [9.17, 15) is 9.59 Å². The van der Waals surface area contributed by atoms with E-state index in [4.69, 9.17) is 4.74 Å². The van der Waals surface area contributed by atoms with Gasteiger partial charge in [-0.3, -0.25) is 9.59 Å². The number of rotatable bonds is 5. The fraction of sp³-hybridized carbons (Fsp3) is 0.438. The van der Waals surface area contributed by atoms with Crippen molar-refractivity contribution in [2.75, 3.05) is 20.3 Å². The van der Waals surface area contributed by atoms with Crippen LogP contribution in [0.4, 0.5) is 0 Å². The monoisotopic (exact) mass is 333 g/mol. The molecule has 0 saturated carbocycles. The first kappa shape index (κ1) is 15.9. The standard InChI is InChI=1S/C16H19N3O3S/c1-22-10-9-19-15(20)7-6-12(17-19)16(21)18-8-2-4-13(18)14-5-3-11-23-14/h3,5-7,11,13H,2,4,8-10H2,1H3/t13-/m1/s1. The van der Waals surface area contributed by atoms with Crippen molar-refractivity contribution in [2.45, 2.75) is 25.4 Å². The molecular formula is C16H19N3O3S. The Morgan fingerprint density at radius 2 is 2.30 bits per heavy atom.